The Hall–Kier alpha value is -1.63. The van der Waals surface area contributed by atoms with E-state index < -0.39 is 23.9 Å². The third kappa shape index (κ3) is 3.43. The Bertz CT molecular complexity index is 358. The van der Waals surface area contributed by atoms with E-state index in [-0.39, 0.29) is 12.0 Å². The average Bonchev–Trinajstić information content (AvgIpc) is 2.26. The van der Waals surface area contributed by atoms with Crippen molar-refractivity contribution in [3.63, 3.8) is 0 Å². The maximum Gasteiger partial charge on any atom is 0.318 e. The Morgan fingerprint density at radius 1 is 1.44 bits per heavy atom. The van der Waals surface area contributed by atoms with E-state index in [2.05, 4.69) is 0 Å². The van der Waals surface area contributed by atoms with E-state index in [4.69, 9.17) is 10.8 Å². The maximum absolute atomic E-state index is 11.6. The summed E-state index contributed by atoms with van der Waals surface area (Å²) in [5.41, 5.74) is 4.89. The lowest BCUT2D eigenvalue weighted by molar-refractivity contribution is -0.144. The Morgan fingerprint density at radius 2 is 2.06 bits per heavy atom. The first-order valence-corrected chi connectivity index (χ1v) is 5.91. The summed E-state index contributed by atoms with van der Waals surface area (Å²) in [6.07, 6.45) is 1.01. The van der Waals surface area contributed by atoms with E-state index in [0.717, 1.165) is 0 Å². The van der Waals surface area contributed by atoms with E-state index >= 15 is 0 Å². The molecule has 3 unspecified atom stereocenters. The number of aliphatic carboxylic acids is 1. The lowest BCUT2D eigenvalue weighted by Gasteiger charge is -2.39. The zero-order chi connectivity index (χ0) is 13.9. The molecule has 0 aromatic rings. The molecule has 0 spiro atoms. The molecule has 4 N–H and O–H groups in total. The van der Waals surface area contributed by atoms with Gasteiger partial charge in [0, 0.05) is 12.6 Å². The van der Waals surface area contributed by atoms with Crippen molar-refractivity contribution in [2.24, 2.45) is 11.7 Å². The van der Waals surface area contributed by atoms with Crippen molar-refractivity contribution in [1.29, 1.82) is 0 Å². The molecule has 3 amide bonds. The number of nitrogens with two attached hydrogens (primary N) is 1. The molecule has 0 radical (unpaired) electrons. The van der Waals surface area contributed by atoms with Crippen molar-refractivity contribution in [3.05, 3.63) is 0 Å². The number of rotatable bonds is 3. The minimum Gasteiger partial charge on any atom is -0.481 e. The molecule has 1 aliphatic rings. The van der Waals surface area contributed by atoms with Crippen LogP contribution < -0.4 is 11.1 Å². The summed E-state index contributed by atoms with van der Waals surface area (Å²) in [5, 5.41) is 11.0. The first-order chi connectivity index (χ1) is 8.32. The molecule has 0 aliphatic carbocycles. The fourth-order valence-electron chi connectivity index (χ4n) is 2.37. The maximum atomic E-state index is 11.6. The van der Waals surface area contributed by atoms with E-state index in [1.807, 2.05) is 17.1 Å². The number of urea groups is 1. The lowest BCUT2D eigenvalue weighted by atomic mass is 9.90. The molecular formula is C11H19N3O4. The van der Waals surface area contributed by atoms with Crippen LogP contribution in [0.15, 0.2) is 0 Å². The average molecular weight is 257 g/mol. The largest absolute Gasteiger partial charge is 0.481 e. The highest BCUT2D eigenvalue weighted by atomic mass is 16.4. The smallest absolute Gasteiger partial charge is 0.318 e. The second-order valence-electron chi connectivity index (χ2n) is 4.68. The minimum atomic E-state index is -0.875. The van der Waals surface area contributed by atoms with Gasteiger partial charge in [0.2, 0.25) is 5.91 Å². The molecule has 3 atom stereocenters. The van der Waals surface area contributed by atoms with Crippen LogP contribution in [0.3, 0.4) is 0 Å². The van der Waals surface area contributed by atoms with Gasteiger partial charge in [0.15, 0.2) is 0 Å². The number of primary amides is 1. The third-order valence-electron chi connectivity index (χ3n) is 3.40. The number of amides is 3. The number of hydrogen-bond donors (Lipinski definition) is 3. The van der Waals surface area contributed by atoms with Gasteiger partial charge in [0.25, 0.3) is 0 Å². The molecule has 0 saturated carbocycles. The third-order valence-corrected chi connectivity index (χ3v) is 3.40. The summed E-state index contributed by atoms with van der Waals surface area (Å²) < 4.78 is 0. The van der Waals surface area contributed by atoms with Gasteiger partial charge in [-0.1, -0.05) is 0 Å². The summed E-state index contributed by atoms with van der Waals surface area (Å²) in [7, 11) is 0. The number of carboxylic acid groups (broad SMARTS) is 1. The monoisotopic (exact) mass is 257 g/mol. The zero-order valence-electron chi connectivity index (χ0n) is 10.5. The molecular weight excluding hydrogens is 238 g/mol. The number of piperidine rings is 1. The van der Waals surface area contributed by atoms with Gasteiger partial charge in [0.05, 0.1) is 12.0 Å². The fourth-order valence-corrected chi connectivity index (χ4v) is 2.37. The van der Waals surface area contributed by atoms with Crippen LogP contribution >= 0.6 is 0 Å². The van der Waals surface area contributed by atoms with Gasteiger partial charge in [-0.2, -0.15) is 0 Å². The zero-order valence-corrected chi connectivity index (χ0v) is 10.5. The quantitative estimate of drug-likeness (QED) is 0.645. The van der Waals surface area contributed by atoms with Gasteiger partial charge in [0.1, 0.15) is 0 Å². The topological polar surface area (TPSA) is 113 Å². The number of nitrogens with zero attached hydrogens (tertiary/aromatic N) is 1. The number of carbonyl (C=O) groups is 3. The molecule has 0 aromatic carbocycles. The molecule has 7 heteroatoms. The highest BCUT2D eigenvalue weighted by molar-refractivity contribution is 5.96. The molecule has 1 heterocycles. The number of likely N-dealkylation sites (tertiary alicyclic amines) is 1. The lowest BCUT2D eigenvalue weighted by Crippen LogP contribution is -2.54. The molecule has 0 bridgehead atoms. The molecule has 1 fully saturated rings. The molecule has 1 saturated heterocycles. The van der Waals surface area contributed by atoms with Gasteiger partial charge < -0.3 is 10.8 Å². The van der Waals surface area contributed by atoms with E-state index in [9.17, 15) is 14.4 Å². The highest BCUT2D eigenvalue weighted by Crippen LogP contribution is 2.24. The molecule has 1 rings (SSSR count). The van der Waals surface area contributed by atoms with Crippen molar-refractivity contribution in [1.82, 2.24) is 10.2 Å². The van der Waals surface area contributed by atoms with Crippen LogP contribution in [0, 0.1) is 5.92 Å². The Labute approximate surface area is 105 Å². The van der Waals surface area contributed by atoms with Gasteiger partial charge in [-0.25, -0.2) is 4.79 Å². The first-order valence-electron chi connectivity index (χ1n) is 5.91. The summed E-state index contributed by atoms with van der Waals surface area (Å²) in [6.45, 7) is 4.07. The van der Waals surface area contributed by atoms with Gasteiger partial charge >= 0.3 is 12.0 Å². The molecule has 0 aromatic heterocycles. The van der Waals surface area contributed by atoms with Crippen LogP contribution in [0.2, 0.25) is 0 Å². The normalized spacial score (nSPS) is 26.3. The summed E-state index contributed by atoms with van der Waals surface area (Å²) >= 11 is 0. The molecule has 7 nitrogen and oxygen atoms in total. The number of imide groups is 1. The highest BCUT2D eigenvalue weighted by Gasteiger charge is 2.34. The van der Waals surface area contributed by atoms with Gasteiger partial charge in [-0.05, 0) is 26.7 Å². The Kier molecular flexibility index (Phi) is 4.66. The van der Waals surface area contributed by atoms with Crippen LogP contribution in [0.25, 0.3) is 0 Å². The van der Waals surface area contributed by atoms with Crippen LogP contribution in [0.4, 0.5) is 4.79 Å². The van der Waals surface area contributed by atoms with Crippen molar-refractivity contribution >= 4 is 17.9 Å². The van der Waals surface area contributed by atoms with Gasteiger partial charge in [-0.15, -0.1) is 0 Å². The van der Waals surface area contributed by atoms with Crippen LogP contribution in [-0.2, 0) is 9.59 Å². The van der Waals surface area contributed by atoms with Crippen molar-refractivity contribution < 1.29 is 19.5 Å². The number of carboxylic acids is 1. The van der Waals surface area contributed by atoms with Crippen LogP contribution in [0.5, 0.6) is 0 Å². The second-order valence-corrected chi connectivity index (χ2v) is 4.68. The predicted octanol–water partition coefficient (Wildman–Crippen LogP) is -0.245. The van der Waals surface area contributed by atoms with E-state index in [0.29, 0.717) is 19.4 Å². The number of carbonyl (C=O) groups excluding carboxylic acids is 2. The second kappa shape index (κ2) is 5.81. The van der Waals surface area contributed by atoms with Crippen molar-refractivity contribution in [2.75, 3.05) is 6.54 Å². The predicted molar refractivity (Wildman–Crippen MR) is 63.7 cm³/mol. The van der Waals surface area contributed by atoms with Crippen molar-refractivity contribution in [2.45, 2.75) is 38.8 Å². The Balaban J connectivity index is 2.60. The van der Waals surface area contributed by atoms with E-state index in [1.54, 1.807) is 6.92 Å². The summed E-state index contributed by atoms with van der Waals surface area (Å²) in [4.78, 5) is 35.0. The number of hydrogen-bond acceptors (Lipinski definition) is 4. The molecule has 18 heavy (non-hydrogen) atoms. The standard InChI is InChI=1S/C11H19N3O4/c1-6-5-8(10(16)17)3-4-14(6)7(2)9(15)13-11(12)18/h6-8H,3-5H2,1-2H3,(H,16,17)(H3,12,13,15,18). The Morgan fingerprint density at radius 3 is 2.50 bits per heavy atom. The summed E-state index contributed by atoms with van der Waals surface area (Å²) in [6, 6.07) is -1.39. The number of nitrogens with one attached hydrogen (secondary N) is 1. The van der Waals surface area contributed by atoms with Gasteiger partial charge in [-0.3, -0.25) is 19.8 Å². The van der Waals surface area contributed by atoms with Crippen molar-refractivity contribution in [3.8, 4) is 0 Å². The van der Waals surface area contributed by atoms with Crippen LogP contribution in [0.1, 0.15) is 26.7 Å². The first kappa shape index (κ1) is 14.4. The molecule has 102 valence electrons. The SMILES string of the molecule is CC1CC(C(=O)O)CCN1C(C)C(=O)NC(N)=O. The molecule has 1 aliphatic heterocycles. The van der Waals surface area contributed by atoms with Crippen LogP contribution in [-0.4, -0.2) is 46.5 Å². The van der Waals surface area contributed by atoms with E-state index in [1.165, 1.54) is 0 Å². The fraction of sp³-hybridized carbons (Fsp3) is 0.727. The summed E-state index contributed by atoms with van der Waals surface area (Å²) in [5.74, 6) is -1.61. The minimum absolute atomic E-state index is 0.0199.